The molecule has 130 valence electrons. The fourth-order valence-corrected chi connectivity index (χ4v) is 3.84. The summed E-state index contributed by atoms with van der Waals surface area (Å²) in [5.41, 5.74) is 0.459. The molecule has 10 nitrogen and oxygen atoms in total. The van der Waals surface area contributed by atoms with Crippen LogP contribution in [0.5, 0.6) is 0 Å². The average Bonchev–Trinajstić information content (AvgIpc) is 3.36. The summed E-state index contributed by atoms with van der Waals surface area (Å²) < 4.78 is 38.8. The van der Waals surface area contributed by atoms with Crippen LogP contribution in [-0.2, 0) is 16.6 Å². The van der Waals surface area contributed by atoms with E-state index in [2.05, 4.69) is 19.5 Å². The minimum absolute atomic E-state index is 0.0643. The molecule has 2 aliphatic heterocycles. The van der Waals surface area contributed by atoms with Gasteiger partial charge in [0.1, 0.15) is 17.8 Å². The van der Waals surface area contributed by atoms with Crippen LogP contribution in [0, 0.1) is 0 Å². The minimum Gasteiger partial charge on any atom is -0.461 e. The van der Waals surface area contributed by atoms with Gasteiger partial charge in [-0.2, -0.15) is 18.4 Å². The van der Waals surface area contributed by atoms with E-state index in [0.29, 0.717) is 23.2 Å². The summed E-state index contributed by atoms with van der Waals surface area (Å²) in [4.78, 5) is 8.47. The maximum absolute atomic E-state index is 12.3. The molecule has 0 fully saturated rings. The van der Waals surface area contributed by atoms with Gasteiger partial charge in [-0.15, -0.1) is 4.40 Å². The summed E-state index contributed by atoms with van der Waals surface area (Å²) in [7, 11) is -3.78. The Kier molecular flexibility index (Phi) is 3.00. The molecule has 0 unspecified atom stereocenters. The number of hydrogen-bond acceptors (Lipinski definition) is 9. The van der Waals surface area contributed by atoms with Crippen LogP contribution in [0.3, 0.4) is 0 Å². The zero-order valence-electron chi connectivity index (χ0n) is 13.1. The molecule has 26 heavy (non-hydrogen) atoms. The predicted octanol–water partition coefficient (Wildman–Crippen LogP) is 1.65. The van der Waals surface area contributed by atoms with Crippen LogP contribution >= 0.6 is 0 Å². The number of hydrogen-bond donors (Lipinski definition) is 0. The van der Waals surface area contributed by atoms with Gasteiger partial charge < -0.3 is 8.94 Å². The number of aromatic nitrogens is 2. The van der Waals surface area contributed by atoms with Crippen molar-refractivity contribution in [1.29, 1.82) is 0 Å². The van der Waals surface area contributed by atoms with Crippen LogP contribution < -0.4 is 5.01 Å². The zero-order chi connectivity index (χ0) is 17.7. The second-order valence-electron chi connectivity index (χ2n) is 5.48. The van der Waals surface area contributed by atoms with E-state index in [4.69, 9.17) is 8.94 Å². The lowest BCUT2D eigenvalue weighted by molar-refractivity contribution is 0.323. The highest BCUT2D eigenvalue weighted by molar-refractivity contribution is 7.90. The topological polar surface area (TPSA) is 117 Å². The number of rotatable bonds is 3. The van der Waals surface area contributed by atoms with Gasteiger partial charge in [0.15, 0.2) is 5.76 Å². The number of hydrazine groups is 1. The lowest BCUT2D eigenvalue weighted by Gasteiger charge is -2.30. The monoisotopic (exact) mass is 370 g/mol. The van der Waals surface area contributed by atoms with E-state index in [1.807, 2.05) is 0 Å². The van der Waals surface area contributed by atoms with E-state index < -0.39 is 10.0 Å². The SMILES string of the molecule is O=S1(=O)N=C2N=CN(Cc3nc(-c4ccco4)no3)N2c2ccccc21. The van der Waals surface area contributed by atoms with Crippen molar-refractivity contribution in [2.75, 3.05) is 5.01 Å². The van der Waals surface area contributed by atoms with Crippen molar-refractivity contribution in [2.45, 2.75) is 11.4 Å². The Morgan fingerprint density at radius 3 is 2.85 bits per heavy atom. The molecule has 0 N–H and O–H groups in total. The summed E-state index contributed by atoms with van der Waals surface area (Å²) in [5.74, 6) is 1.20. The number of anilines is 1. The third-order valence-corrected chi connectivity index (χ3v) is 5.14. The first-order valence-corrected chi connectivity index (χ1v) is 8.97. The van der Waals surface area contributed by atoms with Gasteiger partial charge in [0.05, 0.1) is 12.0 Å². The smallest absolute Gasteiger partial charge is 0.287 e. The molecule has 4 heterocycles. The molecule has 0 spiro atoms. The first-order valence-electron chi connectivity index (χ1n) is 7.53. The predicted molar refractivity (Wildman–Crippen MR) is 89.6 cm³/mol. The number of sulfonamides is 1. The number of para-hydroxylation sites is 1. The number of aliphatic imine (C=N–C) groups is 1. The molecular formula is C15H10N6O4S. The number of nitrogens with zero attached hydrogens (tertiary/aromatic N) is 6. The molecule has 0 atom stereocenters. The largest absolute Gasteiger partial charge is 0.461 e. The molecule has 0 saturated heterocycles. The van der Waals surface area contributed by atoms with Gasteiger partial charge in [0, 0.05) is 0 Å². The molecule has 1 aromatic carbocycles. The van der Waals surface area contributed by atoms with E-state index >= 15 is 0 Å². The Morgan fingerprint density at radius 1 is 1.12 bits per heavy atom. The number of guanidine groups is 1. The van der Waals surface area contributed by atoms with E-state index in [9.17, 15) is 8.42 Å². The van der Waals surface area contributed by atoms with Gasteiger partial charge in [-0.25, -0.2) is 5.01 Å². The maximum Gasteiger partial charge on any atom is 0.287 e. The molecule has 11 heteroatoms. The summed E-state index contributed by atoms with van der Waals surface area (Å²) in [6, 6.07) is 10.0. The summed E-state index contributed by atoms with van der Waals surface area (Å²) in [5, 5.41) is 7.11. The van der Waals surface area contributed by atoms with E-state index in [1.54, 1.807) is 40.3 Å². The summed E-state index contributed by atoms with van der Waals surface area (Å²) in [6.45, 7) is 0.185. The van der Waals surface area contributed by atoms with Gasteiger partial charge in [-0.1, -0.05) is 17.3 Å². The molecule has 0 radical (unpaired) electrons. The number of furan rings is 1. The quantitative estimate of drug-likeness (QED) is 0.683. The third kappa shape index (κ3) is 2.21. The molecule has 3 aromatic rings. The van der Waals surface area contributed by atoms with E-state index in [-0.39, 0.29) is 17.4 Å². The third-order valence-electron chi connectivity index (χ3n) is 3.83. The van der Waals surface area contributed by atoms with Crippen molar-refractivity contribution in [3.63, 3.8) is 0 Å². The Bertz CT molecular complexity index is 1150. The van der Waals surface area contributed by atoms with Crippen molar-refractivity contribution in [3.05, 3.63) is 48.6 Å². The first kappa shape index (κ1) is 14.8. The molecule has 2 aromatic heterocycles. The van der Waals surface area contributed by atoms with Crippen molar-refractivity contribution < 1.29 is 17.4 Å². The molecule has 5 rings (SSSR count). The van der Waals surface area contributed by atoms with Crippen molar-refractivity contribution in [2.24, 2.45) is 9.39 Å². The lowest BCUT2D eigenvalue weighted by atomic mass is 10.3. The highest BCUT2D eigenvalue weighted by Crippen LogP contribution is 2.34. The summed E-state index contributed by atoms with van der Waals surface area (Å²) in [6.07, 6.45) is 2.99. The Balaban J connectivity index is 1.48. The van der Waals surface area contributed by atoms with Crippen LogP contribution in [0.1, 0.15) is 5.89 Å². The first-order chi connectivity index (χ1) is 12.6. The zero-order valence-corrected chi connectivity index (χ0v) is 13.9. The van der Waals surface area contributed by atoms with Gasteiger partial charge >= 0.3 is 0 Å². The average molecular weight is 370 g/mol. The van der Waals surface area contributed by atoms with Gasteiger partial charge in [-0.3, -0.25) is 5.01 Å². The molecular weight excluding hydrogens is 360 g/mol. The second kappa shape index (κ2) is 5.26. The fraction of sp³-hybridized carbons (Fsp3) is 0.0667. The summed E-state index contributed by atoms with van der Waals surface area (Å²) >= 11 is 0. The Hall–Kier alpha value is -3.47. The highest BCUT2D eigenvalue weighted by Gasteiger charge is 2.36. The van der Waals surface area contributed by atoms with Crippen molar-refractivity contribution in [3.8, 4) is 11.6 Å². The highest BCUT2D eigenvalue weighted by atomic mass is 32.2. The van der Waals surface area contributed by atoms with Gasteiger partial charge in [0.25, 0.3) is 16.0 Å². The Morgan fingerprint density at radius 2 is 2.00 bits per heavy atom. The van der Waals surface area contributed by atoms with Crippen LogP contribution in [0.25, 0.3) is 11.6 Å². The molecule has 0 amide bonds. The van der Waals surface area contributed by atoms with Crippen LogP contribution in [0.4, 0.5) is 5.69 Å². The van der Waals surface area contributed by atoms with Crippen molar-refractivity contribution >= 4 is 28.0 Å². The van der Waals surface area contributed by atoms with Crippen LogP contribution in [0.2, 0.25) is 0 Å². The standard InChI is InChI=1S/C15H10N6O4S/c22-26(23)12-6-2-1-4-10(12)21-15(19-26)16-9-20(21)8-13-17-14(18-25-13)11-5-3-7-24-11/h1-7,9H,8H2. The van der Waals surface area contributed by atoms with Gasteiger partial charge in [0.2, 0.25) is 11.7 Å². The molecule has 0 bridgehead atoms. The van der Waals surface area contributed by atoms with Crippen molar-refractivity contribution in [1.82, 2.24) is 15.1 Å². The van der Waals surface area contributed by atoms with E-state index in [1.165, 1.54) is 18.7 Å². The van der Waals surface area contributed by atoms with E-state index in [0.717, 1.165) is 0 Å². The molecule has 0 aliphatic carbocycles. The van der Waals surface area contributed by atoms with Crippen LogP contribution in [0.15, 0.2) is 65.9 Å². The number of fused-ring (bicyclic) bond motifs is 3. The number of benzene rings is 1. The lowest BCUT2D eigenvalue weighted by Crippen LogP contribution is -2.42. The normalized spacial score (nSPS) is 17.2. The fourth-order valence-electron chi connectivity index (χ4n) is 2.73. The van der Waals surface area contributed by atoms with Gasteiger partial charge in [-0.05, 0) is 24.3 Å². The molecule has 2 aliphatic rings. The second-order valence-corrected chi connectivity index (χ2v) is 7.05. The van der Waals surface area contributed by atoms with Crippen LogP contribution in [-0.4, -0.2) is 35.9 Å². The maximum atomic E-state index is 12.3. The minimum atomic E-state index is -3.78. The molecule has 0 saturated carbocycles. The Labute approximate surface area is 147 Å².